The number of hydrogen-bond donors (Lipinski definition) is 0. The smallest absolute Gasteiger partial charge is 0.679 e. The molecular weight excluding hydrogens is 1110 g/mol. The van der Waals surface area contributed by atoms with Gasteiger partial charge < -0.3 is 26.6 Å². The first-order chi connectivity index (χ1) is 33.5. The number of pyridine rings is 1. The van der Waals surface area contributed by atoms with Crippen molar-refractivity contribution in [3.8, 4) is 0 Å². The summed E-state index contributed by atoms with van der Waals surface area (Å²) in [5.74, 6) is 0.544. The predicted octanol–water partition coefficient (Wildman–Crippen LogP) is 20.4. The van der Waals surface area contributed by atoms with Crippen LogP contribution in [0.5, 0.6) is 0 Å². The van der Waals surface area contributed by atoms with E-state index in [0.717, 1.165) is 44.8 Å². The molecule has 0 spiro atoms. The van der Waals surface area contributed by atoms with Gasteiger partial charge in [0.05, 0.1) is 0 Å². The summed E-state index contributed by atoms with van der Waals surface area (Å²) in [5, 5.41) is 4.81. The van der Waals surface area contributed by atoms with Crippen LogP contribution in [0.2, 0.25) is 0 Å². The van der Waals surface area contributed by atoms with Crippen molar-refractivity contribution in [2.75, 3.05) is 0 Å². The van der Waals surface area contributed by atoms with E-state index in [1.54, 1.807) is 0 Å². The van der Waals surface area contributed by atoms with Gasteiger partial charge in [-0.3, -0.25) is 4.98 Å². The van der Waals surface area contributed by atoms with Crippen LogP contribution in [0.4, 0.5) is 5.69 Å². The standard InChI is InChI=1S/C20H24N2.6C7H7.C5H10.CH4.2CH3.Fe.2Zr/c1-14-11-15(2)20(16(3)12-14)21-13-18-9-6-10-19(22-18)17-7-4-5-8-17;6*1-7-5-3-2-4-6-7;1-2-4-5-3-1;;;;;;/h6-7,9-12,17H,4-5,8,13H2,1-3H3;6*2-6H,1H2;1-5H2;1H4;2*1H3;;;/q-2;6*-1;;;2*-1;+2;+3;+4. The van der Waals surface area contributed by atoms with Crippen molar-refractivity contribution in [1.82, 2.24) is 4.98 Å². The second kappa shape index (κ2) is 48.6. The molecule has 0 N–H and O–H groups in total. The Morgan fingerprint density at radius 3 is 0.987 bits per heavy atom. The maximum Gasteiger partial charge on any atom is 4.00 e. The van der Waals surface area contributed by atoms with Gasteiger partial charge in [-0.2, -0.15) is 154 Å². The molecule has 1 radical (unpaired) electrons. The Morgan fingerprint density at radius 2 is 0.747 bits per heavy atom. The molecule has 2 aliphatic carbocycles. The summed E-state index contributed by atoms with van der Waals surface area (Å²) in [6.07, 6.45) is 13.7. The number of benzene rings is 7. The molecule has 0 saturated heterocycles. The quantitative estimate of drug-likeness (QED) is 0.127. The Labute approximate surface area is 509 Å². The van der Waals surface area contributed by atoms with Gasteiger partial charge >= 0.3 is 69.5 Å². The van der Waals surface area contributed by atoms with Gasteiger partial charge in [0.2, 0.25) is 0 Å². The molecule has 2 fully saturated rings. The van der Waals surface area contributed by atoms with Crippen LogP contribution in [0.1, 0.15) is 126 Å². The van der Waals surface area contributed by atoms with Crippen LogP contribution in [-0.4, -0.2) is 4.98 Å². The second-order valence-electron chi connectivity index (χ2n) is 17.1. The molecule has 2 saturated carbocycles. The molecule has 1 unspecified atom stereocenters. The van der Waals surface area contributed by atoms with E-state index in [4.69, 9.17) is 10.3 Å². The maximum absolute atomic E-state index is 4.82. The predicted molar refractivity (Wildman–Crippen MR) is 321 cm³/mol. The first-order valence-corrected chi connectivity index (χ1v) is 24.3. The van der Waals surface area contributed by atoms with E-state index in [9.17, 15) is 0 Å². The summed E-state index contributed by atoms with van der Waals surface area (Å²) >= 11 is 0. The topological polar surface area (TPSA) is 27.0 Å². The summed E-state index contributed by atoms with van der Waals surface area (Å²) < 4.78 is 0. The van der Waals surface area contributed by atoms with Gasteiger partial charge in [-0.1, -0.05) is 130 Å². The molecule has 2 nitrogen and oxygen atoms in total. The summed E-state index contributed by atoms with van der Waals surface area (Å²) in [7, 11) is 0. The molecule has 393 valence electrons. The molecule has 75 heavy (non-hydrogen) atoms. The molecule has 0 amide bonds. The van der Waals surface area contributed by atoms with Crippen molar-refractivity contribution in [3.63, 3.8) is 0 Å². The summed E-state index contributed by atoms with van der Waals surface area (Å²) in [4.78, 5) is 4.82. The molecule has 10 rings (SSSR count). The van der Waals surface area contributed by atoms with Gasteiger partial charge in [-0.15, -0.1) is 84.4 Å². The maximum atomic E-state index is 4.82. The molecule has 0 bridgehead atoms. The van der Waals surface area contributed by atoms with Crippen LogP contribution in [0.3, 0.4) is 0 Å². The van der Waals surface area contributed by atoms with Crippen LogP contribution < -0.4 is 0 Å². The SMILES string of the molecule is C.C1CCCC1.Cc1cc(C)c([N-]Cc2cccc(C3[CH-]CCC3)n2)c(C)c1.[CH2-]c1ccccc1.[CH2-]c1ccccc1.[CH2-]c1ccccc1.[CH2-]c1ccccc1.[CH2-]c1ccccc1.[CH2-]c1ccccc1.[CH3-].[CH3-].[Fe+2].[Zr+3].[Zr+4]. The fourth-order valence-corrected chi connectivity index (χ4v) is 7.17. The van der Waals surface area contributed by atoms with Crippen molar-refractivity contribution in [3.05, 3.63) is 342 Å². The molecule has 5 heteroatoms. The van der Waals surface area contributed by atoms with Crippen molar-refractivity contribution in [2.45, 2.75) is 92.0 Å². The van der Waals surface area contributed by atoms with Gasteiger partial charge in [0.15, 0.2) is 0 Å². The van der Waals surface area contributed by atoms with Crippen LogP contribution in [-0.2, 0) is 76.0 Å². The molecule has 1 aromatic heterocycles. The van der Waals surface area contributed by atoms with Crippen molar-refractivity contribution in [2.24, 2.45) is 0 Å². The molecule has 7 aromatic carbocycles. The Morgan fingerprint density at radius 1 is 0.453 bits per heavy atom. The fourth-order valence-electron chi connectivity index (χ4n) is 7.17. The Hall–Kier alpha value is -5.00. The molecule has 1 atom stereocenters. The van der Waals surface area contributed by atoms with Crippen molar-refractivity contribution in [1.29, 1.82) is 0 Å². The number of aromatic nitrogens is 1. The molecule has 8 aromatic rings. The van der Waals surface area contributed by atoms with Gasteiger partial charge in [-0.25, -0.2) is 0 Å². The van der Waals surface area contributed by atoms with Crippen LogP contribution >= 0.6 is 0 Å². The minimum Gasteiger partial charge on any atom is -0.679 e. The zero-order valence-corrected chi connectivity index (χ0v) is 51.2. The summed E-state index contributed by atoms with van der Waals surface area (Å²) in [5.41, 5.74) is 13.6. The summed E-state index contributed by atoms with van der Waals surface area (Å²) in [6.45, 7) is 29.4. The van der Waals surface area contributed by atoms with Crippen molar-refractivity contribution >= 4 is 5.69 Å². The van der Waals surface area contributed by atoms with E-state index in [0.29, 0.717) is 12.5 Å². The Balaban J connectivity index is -0.000000405. The van der Waals surface area contributed by atoms with E-state index in [1.165, 1.54) is 73.8 Å². The average Bonchev–Trinajstić information content (AvgIpc) is 4.14. The number of aryl methyl sites for hydroxylation is 3. The van der Waals surface area contributed by atoms with E-state index < -0.39 is 0 Å². The van der Waals surface area contributed by atoms with Crippen LogP contribution in [0.25, 0.3) is 5.32 Å². The Bertz CT molecular complexity index is 2120. The monoisotopic (exact) mass is 1190 g/mol. The number of rotatable bonds is 4. The zero-order chi connectivity index (χ0) is 49.7. The second-order valence-corrected chi connectivity index (χ2v) is 17.1. The van der Waals surface area contributed by atoms with Crippen molar-refractivity contribution < 1.29 is 69.5 Å². The minimum atomic E-state index is 0. The molecule has 2 aliphatic rings. The molecule has 1 heterocycles. The van der Waals surface area contributed by atoms with Gasteiger partial charge in [0.1, 0.15) is 0 Å². The molecule has 0 aliphatic heterocycles. The first kappa shape index (κ1) is 76.5. The Kier molecular flexibility index (Phi) is 49.6. The van der Waals surface area contributed by atoms with E-state index in [2.05, 4.69) is 99.1 Å². The van der Waals surface area contributed by atoms with Gasteiger partial charge in [0, 0.05) is 11.4 Å². The van der Waals surface area contributed by atoms with E-state index in [1.807, 2.05) is 182 Å². The van der Waals surface area contributed by atoms with Crippen LogP contribution in [0.15, 0.2) is 212 Å². The minimum absolute atomic E-state index is 0. The average molecular weight is 1190 g/mol. The van der Waals surface area contributed by atoms with Gasteiger partial charge in [0.25, 0.3) is 0 Å². The normalized spacial score (nSPS) is 11.6. The van der Waals surface area contributed by atoms with Crippen LogP contribution in [0, 0.1) is 83.6 Å². The third kappa shape index (κ3) is 38.2. The van der Waals surface area contributed by atoms with E-state index >= 15 is 0 Å². The van der Waals surface area contributed by atoms with E-state index in [-0.39, 0.29) is 91.8 Å². The molecular formula is C70H86FeN2Zr2-. The largest absolute Gasteiger partial charge is 4.00 e. The third-order valence-electron chi connectivity index (χ3n) is 10.7. The fraction of sp³-hybridized carbons (Fsp3) is 0.200. The number of hydrogen-bond acceptors (Lipinski definition) is 1. The summed E-state index contributed by atoms with van der Waals surface area (Å²) in [6, 6.07) is 70.0. The number of nitrogens with zero attached hydrogens (tertiary/aromatic N) is 2. The van der Waals surface area contributed by atoms with Gasteiger partial charge in [-0.05, 0) is 32.9 Å². The zero-order valence-electron chi connectivity index (χ0n) is 45.2. The first-order valence-electron chi connectivity index (χ1n) is 24.3. The third-order valence-corrected chi connectivity index (χ3v) is 10.7.